The summed E-state index contributed by atoms with van der Waals surface area (Å²) < 4.78 is 15.8. The molecule has 0 fully saturated rings. The van der Waals surface area contributed by atoms with Gasteiger partial charge in [0, 0.05) is 12.3 Å². The Morgan fingerprint density at radius 3 is 2.10 bits per heavy atom. The lowest BCUT2D eigenvalue weighted by Crippen LogP contribution is -2.37. The van der Waals surface area contributed by atoms with Gasteiger partial charge in [-0.3, -0.25) is 4.79 Å². The van der Waals surface area contributed by atoms with Crippen LogP contribution in [0.15, 0.2) is 12.3 Å². The number of hydrogen-bond donors (Lipinski definition) is 2. The van der Waals surface area contributed by atoms with Crippen LogP contribution in [0.5, 0.6) is 5.75 Å². The summed E-state index contributed by atoms with van der Waals surface area (Å²) >= 11 is 0. The number of unbranched alkanes of at least 4 members (excludes halogenated alkanes) is 9. The van der Waals surface area contributed by atoms with E-state index in [9.17, 15) is 9.59 Å². The Morgan fingerprint density at radius 2 is 1.48 bits per heavy atom. The molecule has 0 saturated heterocycles. The molecule has 3 N–H and O–H groups in total. The fraction of sp³-hybridized carbons (Fsp3) is 0.750. The van der Waals surface area contributed by atoms with Gasteiger partial charge in [0.15, 0.2) is 0 Å². The van der Waals surface area contributed by atoms with Crippen molar-refractivity contribution in [3.8, 4) is 5.75 Å². The quantitative estimate of drug-likeness (QED) is 0.247. The van der Waals surface area contributed by atoms with Crippen molar-refractivity contribution in [3.63, 3.8) is 0 Å². The van der Waals surface area contributed by atoms with Crippen LogP contribution in [-0.4, -0.2) is 42.8 Å². The number of nitrogens with one attached hydrogen (secondary N) is 1. The summed E-state index contributed by atoms with van der Waals surface area (Å²) in [4.78, 5) is 26.5. The molecule has 0 spiro atoms. The molecule has 178 valence electrons. The minimum absolute atomic E-state index is 0.00675. The first kappa shape index (κ1) is 27.0. The molecule has 0 aliphatic carbocycles. The van der Waals surface area contributed by atoms with E-state index >= 15 is 0 Å². The minimum atomic E-state index is -0.672. The van der Waals surface area contributed by atoms with Crippen molar-refractivity contribution >= 4 is 11.9 Å². The first-order valence-corrected chi connectivity index (χ1v) is 11.9. The molecule has 1 rings (SSSR count). The number of rotatable bonds is 18. The molecular formula is C24H42N2O5. The van der Waals surface area contributed by atoms with E-state index in [2.05, 4.69) is 11.9 Å². The third-order valence-corrected chi connectivity index (χ3v) is 5.19. The number of carbonyl (C=O) groups excluding carboxylic acids is 2. The molecule has 1 aromatic heterocycles. The standard InChI is InChI=1S/C24H42N2O5/c1-4-5-6-7-8-9-10-11-12-13-14-29-20-17-21(26-18-20)23(27)30-15-16-31-24(28)22(25)19(2)3/h17-19,22,26H,4-16,25H2,1-3H3/t22-/m0/s1. The number of ether oxygens (including phenoxy) is 3. The third kappa shape index (κ3) is 12.4. The van der Waals surface area contributed by atoms with Crippen molar-refractivity contribution in [1.82, 2.24) is 4.98 Å². The van der Waals surface area contributed by atoms with Crippen LogP contribution in [0.25, 0.3) is 0 Å². The molecule has 31 heavy (non-hydrogen) atoms. The van der Waals surface area contributed by atoms with Gasteiger partial charge in [-0.1, -0.05) is 78.6 Å². The highest BCUT2D eigenvalue weighted by Crippen LogP contribution is 2.15. The maximum Gasteiger partial charge on any atom is 0.354 e. The number of aromatic amines is 1. The Labute approximate surface area is 187 Å². The van der Waals surface area contributed by atoms with Crippen molar-refractivity contribution in [2.45, 2.75) is 91.0 Å². The normalized spacial score (nSPS) is 12.0. The first-order valence-electron chi connectivity index (χ1n) is 11.9. The molecule has 1 atom stereocenters. The van der Waals surface area contributed by atoms with E-state index in [-0.39, 0.29) is 19.1 Å². The average molecular weight is 439 g/mol. The fourth-order valence-corrected chi connectivity index (χ4v) is 3.08. The molecule has 0 aliphatic rings. The smallest absolute Gasteiger partial charge is 0.354 e. The number of carbonyl (C=O) groups is 2. The van der Waals surface area contributed by atoms with Crippen molar-refractivity contribution in [1.29, 1.82) is 0 Å². The molecule has 0 radical (unpaired) electrons. The Morgan fingerprint density at radius 1 is 0.903 bits per heavy atom. The van der Waals surface area contributed by atoms with Gasteiger partial charge in [0.2, 0.25) is 0 Å². The molecule has 7 nitrogen and oxygen atoms in total. The van der Waals surface area contributed by atoms with Crippen LogP contribution in [0, 0.1) is 5.92 Å². The molecule has 0 aliphatic heterocycles. The van der Waals surface area contributed by atoms with Gasteiger partial charge in [0.1, 0.15) is 30.7 Å². The zero-order valence-electron chi connectivity index (χ0n) is 19.6. The SMILES string of the molecule is CCCCCCCCCCCCOc1c[nH]c(C(=O)OCCOC(=O)[C@@H](N)C(C)C)c1. The highest BCUT2D eigenvalue weighted by molar-refractivity contribution is 5.87. The second kappa shape index (κ2) is 16.6. The lowest BCUT2D eigenvalue weighted by molar-refractivity contribution is -0.147. The van der Waals surface area contributed by atoms with Crippen LogP contribution >= 0.6 is 0 Å². The highest BCUT2D eigenvalue weighted by atomic mass is 16.6. The molecular weight excluding hydrogens is 396 g/mol. The second-order valence-electron chi connectivity index (χ2n) is 8.35. The maximum absolute atomic E-state index is 12.0. The van der Waals surface area contributed by atoms with Crippen molar-refractivity contribution in [2.75, 3.05) is 19.8 Å². The van der Waals surface area contributed by atoms with Gasteiger partial charge in [-0.25, -0.2) is 4.79 Å². The van der Waals surface area contributed by atoms with E-state index in [1.807, 2.05) is 13.8 Å². The van der Waals surface area contributed by atoms with Gasteiger partial charge in [0.25, 0.3) is 0 Å². The lowest BCUT2D eigenvalue weighted by Gasteiger charge is -2.14. The van der Waals surface area contributed by atoms with Gasteiger partial charge >= 0.3 is 11.9 Å². The monoisotopic (exact) mass is 438 g/mol. The Hall–Kier alpha value is -2.02. The van der Waals surface area contributed by atoms with Gasteiger partial charge in [-0.05, 0) is 12.3 Å². The Kier molecular flexibility index (Phi) is 14.5. The number of hydrogen-bond acceptors (Lipinski definition) is 6. The summed E-state index contributed by atoms with van der Waals surface area (Å²) in [6.45, 7) is 6.52. The Balaban J connectivity index is 2.07. The summed E-state index contributed by atoms with van der Waals surface area (Å²) in [5, 5.41) is 0. The molecule has 1 heterocycles. The van der Waals surface area contributed by atoms with Gasteiger partial charge < -0.3 is 24.9 Å². The predicted octanol–water partition coefficient (Wildman–Crippen LogP) is 5.00. The molecule has 0 amide bonds. The van der Waals surface area contributed by atoms with Gasteiger partial charge in [0.05, 0.1) is 6.61 Å². The summed E-state index contributed by atoms with van der Waals surface area (Å²) in [5.41, 5.74) is 6.00. The molecule has 0 bridgehead atoms. The fourth-order valence-electron chi connectivity index (χ4n) is 3.08. The summed E-state index contributed by atoms with van der Waals surface area (Å²) in [7, 11) is 0. The van der Waals surface area contributed by atoms with Crippen LogP contribution in [0.1, 0.15) is 95.5 Å². The van der Waals surface area contributed by atoms with Crippen LogP contribution < -0.4 is 10.5 Å². The second-order valence-corrected chi connectivity index (χ2v) is 8.35. The average Bonchev–Trinajstić information content (AvgIpc) is 3.23. The largest absolute Gasteiger partial charge is 0.492 e. The lowest BCUT2D eigenvalue weighted by atomic mass is 10.1. The highest BCUT2D eigenvalue weighted by Gasteiger charge is 2.19. The topological polar surface area (TPSA) is 104 Å². The van der Waals surface area contributed by atoms with Crippen molar-refractivity contribution < 1.29 is 23.8 Å². The van der Waals surface area contributed by atoms with Crippen LogP contribution in [0.3, 0.4) is 0 Å². The van der Waals surface area contributed by atoms with Gasteiger partial charge in [-0.2, -0.15) is 0 Å². The molecule has 0 saturated carbocycles. The zero-order chi connectivity index (χ0) is 22.9. The van der Waals surface area contributed by atoms with Crippen molar-refractivity contribution in [2.24, 2.45) is 11.7 Å². The van der Waals surface area contributed by atoms with E-state index in [4.69, 9.17) is 19.9 Å². The predicted molar refractivity (Wildman–Crippen MR) is 122 cm³/mol. The van der Waals surface area contributed by atoms with E-state index in [0.717, 1.165) is 12.8 Å². The van der Waals surface area contributed by atoms with E-state index in [1.165, 1.54) is 51.4 Å². The minimum Gasteiger partial charge on any atom is -0.492 e. The summed E-state index contributed by atoms with van der Waals surface area (Å²) in [6, 6.07) is 0.952. The summed E-state index contributed by atoms with van der Waals surface area (Å²) in [5.74, 6) is -0.392. The number of H-pyrrole nitrogens is 1. The number of aromatic nitrogens is 1. The molecule has 0 unspecified atom stereocenters. The molecule has 7 heteroatoms. The van der Waals surface area contributed by atoms with Crippen LogP contribution in [0.2, 0.25) is 0 Å². The maximum atomic E-state index is 12.0. The van der Waals surface area contributed by atoms with E-state index in [0.29, 0.717) is 18.1 Å². The zero-order valence-corrected chi connectivity index (χ0v) is 19.6. The van der Waals surface area contributed by atoms with Crippen molar-refractivity contribution in [3.05, 3.63) is 18.0 Å². The number of nitrogens with two attached hydrogens (primary N) is 1. The van der Waals surface area contributed by atoms with E-state index in [1.54, 1.807) is 12.3 Å². The van der Waals surface area contributed by atoms with Gasteiger partial charge in [-0.15, -0.1) is 0 Å². The van der Waals surface area contributed by atoms with Crippen LogP contribution in [0.4, 0.5) is 0 Å². The first-order chi connectivity index (χ1) is 15.0. The number of esters is 2. The van der Waals surface area contributed by atoms with E-state index < -0.39 is 18.0 Å². The third-order valence-electron chi connectivity index (χ3n) is 5.19. The van der Waals surface area contributed by atoms with Crippen LogP contribution in [-0.2, 0) is 14.3 Å². The Bertz CT molecular complexity index is 615. The molecule has 0 aromatic carbocycles. The summed E-state index contributed by atoms with van der Waals surface area (Å²) in [6.07, 6.45) is 14.4. The molecule has 1 aromatic rings.